The molecule has 0 aromatic heterocycles. The summed E-state index contributed by atoms with van der Waals surface area (Å²) in [6.07, 6.45) is 3.69. The van der Waals surface area contributed by atoms with Crippen molar-refractivity contribution in [3.8, 4) is 0 Å². The first-order chi connectivity index (χ1) is 9.48. The number of ether oxygens (including phenoxy) is 3. The molecule has 0 aliphatic rings. The maximum atomic E-state index is 9.85. The van der Waals surface area contributed by atoms with Gasteiger partial charge in [0.25, 0.3) is 0 Å². The number of rotatable bonds is 13. The lowest BCUT2D eigenvalue weighted by molar-refractivity contribution is 0.00752. The fourth-order valence-corrected chi connectivity index (χ4v) is 1.60. The molecule has 20 heavy (non-hydrogen) atoms. The van der Waals surface area contributed by atoms with E-state index in [9.17, 15) is 5.11 Å². The fourth-order valence-electron chi connectivity index (χ4n) is 1.60. The van der Waals surface area contributed by atoms with Crippen LogP contribution in [-0.2, 0) is 14.2 Å². The number of aliphatic hydroxyl groups excluding tert-OH is 1. The molecule has 1 atom stereocenters. The Morgan fingerprint density at radius 1 is 0.800 bits per heavy atom. The van der Waals surface area contributed by atoms with Crippen LogP contribution in [0, 0.1) is 5.41 Å². The van der Waals surface area contributed by atoms with Crippen LogP contribution >= 0.6 is 0 Å². The van der Waals surface area contributed by atoms with Gasteiger partial charge in [-0.2, -0.15) is 0 Å². The highest BCUT2D eigenvalue weighted by Gasteiger charge is 2.21. The largest absolute Gasteiger partial charge is 0.393 e. The third kappa shape index (κ3) is 12.9. The molecule has 0 aliphatic heterocycles. The first-order valence-electron chi connectivity index (χ1n) is 7.89. The van der Waals surface area contributed by atoms with Crippen molar-refractivity contribution >= 4 is 0 Å². The topological polar surface area (TPSA) is 47.9 Å². The normalized spacial score (nSPS) is 13.7. The van der Waals surface area contributed by atoms with E-state index in [2.05, 4.69) is 27.7 Å². The van der Waals surface area contributed by atoms with Crippen molar-refractivity contribution in [3.05, 3.63) is 0 Å². The number of unbranched alkanes of at least 4 members (excludes halogenated alkanes) is 1. The first kappa shape index (κ1) is 19.8. The Morgan fingerprint density at radius 2 is 1.25 bits per heavy atom. The summed E-state index contributed by atoms with van der Waals surface area (Å²) in [7, 11) is 0. The van der Waals surface area contributed by atoms with E-state index in [4.69, 9.17) is 14.2 Å². The van der Waals surface area contributed by atoms with E-state index in [0.29, 0.717) is 33.0 Å². The van der Waals surface area contributed by atoms with Crippen LogP contribution in [0.15, 0.2) is 0 Å². The molecule has 0 aromatic carbocycles. The molecule has 4 heteroatoms. The van der Waals surface area contributed by atoms with Gasteiger partial charge in [0.1, 0.15) is 0 Å². The molecule has 0 amide bonds. The van der Waals surface area contributed by atoms with Crippen molar-refractivity contribution in [1.82, 2.24) is 0 Å². The van der Waals surface area contributed by atoms with Crippen LogP contribution in [0.4, 0.5) is 0 Å². The zero-order valence-electron chi connectivity index (χ0n) is 13.8. The van der Waals surface area contributed by atoms with Gasteiger partial charge in [0.05, 0.1) is 32.5 Å². The van der Waals surface area contributed by atoms with Crippen LogP contribution < -0.4 is 0 Å². The third-order valence-corrected chi connectivity index (χ3v) is 3.15. The highest BCUT2D eigenvalue weighted by molar-refractivity contribution is 4.72. The second-order valence-corrected chi connectivity index (χ2v) is 6.21. The maximum absolute atomic E-state index is 9.85. The second-order valence-electron chi connectivity index (χ2n) is 6.21. The Labute approximate surface area is 124 Å². The molecular formula is C16H34O4. The van der Waals surface area contributed by atoms with E-state index in [-0.39, 0.29) is 11.5 Å². The van der Waals surface area contributed by atoms with Gasteiger partial charge >= 0.3 is 0 Å². The average molecular weight is 290 g/mol. The summed E-state index contributed by atoms with van der Waals surface area (Å²) in [5, 5.41) is 9.85. The minimum Gasteiger partial charge on any atom is -0.393 e. The van der Waals surface area contributed by atoms with E-state index >= 15 is 0 Å². The standard InChI is InChI=1S/C16H34O4/c1-5-6-9-18-11-13-20-14-12-19-10-7-8-15(17)16(2,3)4/h15,17H,5-14H2,1-4H3. The highest BCUT2D eigenvalue weighted by Crippen LogP contribution is 2.22. The monoisotopic (exact) mass is 290 g/mol. The van der Waals surface area contributed by atoms with Gasteiger partial charge in [0.15, 0.2) is 0 Å². The smallest absolute Gasteiger partial charge is 0.0701 e. The number of aliphatic hydroxyl groups is 1. The molecule has 0 saturated heterocycles. The van der Waals surface area contributed by atoms with Crippen LogP contribution in [-0.4, -0.2) is 50.9 Å². The third-order valence-electron chi connectivity index (χ3n) is 3.15. The summed E-state index contributed by atoms with van der Waals surface area (Å²) >= 11 is 0. The zero-order valence-corrected chi connectivity index (χ0v) is 13.8. The Hall–Kier alpha value is -0.160. The molecule has 0 rings (SSSR count). The molecule has 0 radical (unpaired) electrons. The van der Waals surface area contributed by atoms with Crippen LogP contribution in [0.5, 0.6) is 0 Å². The van der Waals surface area contributed by atoms with E-state index in [0.717, 1.165) is 25.9 Å². The van der Waals surface area contributed by atoms with E-state index in [1.807, 2.05) is 0 Å². The Morgan fingerprint density at radius 3 is 1.70 bits per heavy atom. The minimum atomic E-state index is -0.261. The molecule has 0 aromatic rings. The van der Waals surface area contributed by atoms with Crippen LogP contribution in [0.2, 0.25) is 0 Å². The molecule has 0 fully saturated rings. The van der Waals surface area contributed by atoms with E-state index in [1.54, 1.807) is 0 Å². The lowest BCUT2D eigenvalue weighted by atomic mass is 9.87. The molecular weight excluding hydrogens is 256 g/mol. The van der Waals surface area contributed by atoms with Crippen LogP contribution in [0.3, 0.4) is 0 Å². The van der Waals surface area contributed by atoms with Gasteiger partial charge in [-0.25, -0.2) is 0 Å². The van der Waals surface area contributed by atoms with Gasteiger partial charge in [-0.05, 0) is 24.7 Å². The predicted octanol–water partition coefficient (Wildman–Crippen LogP) is 3.02. The van der Waals surface area contributed by atoms with Crippen LogP contribution in [0.25, 0.3) is 0 Å². The summed E-state index contributed by atoms with van der Waals surface area (Å²) in [5.74, 6) is 0. The van der Waals surface area contributed by atoms with Gasteiger partial charge in [-0.15, -0.1) is 0 Å². The average Bonchev–Trinajstić information content (AvgIpc) is 2.38. The second kappa shape index (κ2) is 12.6. The molecule has 4 nitrogen and oxygen atoms in total. The minimum absolute atomic E-state index is 0.0408. The van der Waals surface area contributed by atoms with Crippen molar-refractivity contribution in [2.75, 3.05) is 39.6 Å². The summed E-state index contributed by atoms with van der Waals surface area (Å²) in [6, 6.07) is 0. The summed E-state index contributed by atoms with van der Waals surface area (Å²) in [5.41, 5.74) is -0.0408. The lowest BCUT2D eigenvalue weighted by Crippen LogP contribution is -2.26. The molecule has 122 valence electrons. The Kier molecular flexibility index (Phi) is 12.5. The molecule has 1 N–H and O–H groups in total. The zero-order chi connectivity index (χ0) is 15.3. The van der Waals surface area contributed by atoms with Crippen molar-refractivity contribution in [3.63, 3.8) is 0 Å². The lowest BCUT2D eigenvalue weighted by Gasteiger charge is -2.25. The first-order valence-corrected chi connectivity index (χ1v) is 7.89. The molecule has 0 spiro atoms. The van der Waals surface area contributed by atoms with Crippen molar-refractivity contribution in [2.45, 2.75) is 59.5 Å². The van der Waals surface area contributed by atoms with Gasteiger partial charge in [0.2, 0.25) is 0 Å². The van der Waals surface area contributed by atoms with Crippen molar-refractivity contribution in [1.29, 1.82) is 0 Å². The van der Waals surface area contributed by atoms with E-state index in [1.165, 1.54) is 6.42 Å². The molecule has 1 unspecified atom stereocenters. The van der Waals surface area contributed by atoms with Crippen molar-refractivity contribution in [2.24, 2.45) is 5.41 Å². The Bertz CT molecular complexity index is 201. The van der Waals surface area contributed by atoms with Crippen molar-refractivity contribution < 1.29 is 19.3 Å². The SMILES string of the molecule is CCCCOCCOCCOCCCC(O)C(C)(C)C. The highest BCUT2D eigenvalue weighted by atomic mass is 16.5. The van der Waals surface area contributed by atoms with Gasteiger partial charge in [-0.1, -0.05) is 34.1 Å². The summed E-state index contributed by atoms with van der Waals surface area (Å²) in [4.78, 5) is 0. The van der Waals surface area contributed by atoms with Crippen LogP contribution in [0.1, 0.15) is 53.4 Å². The van der Waals surface area contributed by atoms with Gasteiger partial charge in [-0.3, -0.25) is 0 Å². The molecule has 0 heterocycles. The molecule has 0 bridgehead atoms. The Balaban J connectivity index is 3.14. The number of hydrogen-bond donors (Lipinski definition) is 1. The van der Waals surface area contributed by atoms with Gasteiger partial charge < -0.3 is 19.3 Å². The maximum Gasteiger partial charge on any atom is 0.0701 e. The quantitative estimate of drug-likeness (QED) is 0.530. The predicted molar refractivity (Wildman–Crippen MR) is 82.1 cm³/mol. The van der Waals surface area contributed by atoms with Gasteiger partial charge in [0, 0.05) is 13.2 Å². The number of hydrogen-bond acceptors (Lipinski definition) is 4. The van der Waals surface area contributed by atoms with E-state index < -0.39 is 0 Å². The summed E-state index contributed by atoms with van der Waals surface area (Å²) in [6.45, 7) is 12.3. The molecule has 0 saturated carbocycles. The summed E-state index contributed by atoms with van der Waals surface area (Å²) < 4.78 is 16.2. The molecule has 0 aliphatic carbocycles. The fraction of sp³-hybridized carbons (Fsp3) is 1.00.